The fraction of sp³-hybridized carbons (Fsp3) is 0.438. The van der Waals surface area contributed by atoms with Crippen molar-refractivity contribution in [3.05, 3.63) is 35.9 Å². The van der Waals surface area contributed by atoms with Gasteiger partial charge in [0, 0.05) is 19.4 Å². The van der Waals surface area contributed by atoms with Crippen LogP contribution in [0.3, 0.4) is 0 Å². The van der Waals surface area contributed by atoms with Gasteiger partial charge in [0.2, 0.25) is 0 Å². The van der Waals surface area contributed by atoms with E-state index in [1.807, 2.05) is 37.3 Å². The van der Waals surface area contributed by atoms with Crippen LogP contribution in [0.25, 0.3) is 0 Å². The van der Waals surface area contributed by atoms with Crippen LogP contribution in [0.4, 0.5) is 4.79 Å². The van der Waals surface area contributed by atoms with Crippen molar-refractivity contribution in [2.45, 2.75) is 38.3 Å². The number of ketones is 1. The summed E-state index contributed by atoms with van der Waals surface area (Å²) in [6.07, 6.45) is 3.46. The van der Waals surface area contributed by atoms with Crippen LogP contribution in [-0.2, 0) is 4.79 Å². The molecule has 1 aliphatic carbocycles. The number of amides is 2. The van der Waals surface area contributed by atoms with Gasteiger partial charge in [0.25, 0.3) is 0 Å². The predicted molar refractivity (Wildman–Crippen MR) is 80.1 cm³/mol. The van der Waals surface area contributed by atoms with Crippen molar-refractivity contribution < 1.29 is 9.59 Å². The minimum absolute atomic E-state index is 0.00197. The summed E-state index contributed by atoms with van der Waals surface area (Å²) in [5, 5.41) is 5.85. The Morgan fingerprint density at radius 1 is 1.19 bits per heavy atom. The molecule has 0 aromatic heterocycles. The Balaban J connectivity index is 1.82. The number of carbonyl (C=O) groups excluding carboxylic acids is 2. The zero-order valence-electron chi connectivity index (χ0n) is 12.1. The average molecular weight is 285 g/mol. The number of urea groups is 1. The predicted octanol–water partition coefficient (Wildman–Crippen LogP) is 2.27. The molecule has 2 unspecified atom stereocenters. The Kier molecular flexibility index (Phi) is 3.73. The van der Waals surface area contributed by atoms with Crippen molar-refractivity contribution in [1.29, 1.82) is 0 Å². The van der Waals surface area contributed by atoms with Crippen LogP contribution >= 0.6 is 0 Å². The molecule has 5 heteroatoms. The summed E-state index contributed by atoms with van der Waals surface area (Å²) in [5.41, 5.74) is 0.945. The first-order valence-electron chi connectivity index (χ1n) is 7.41. The SMILES string of the molecule is CCCN1C(=O)N(/N=C/c2ccccc2)C2CC(=O)CC21. The standard InChI is InChI=1S/C16H19N3O2/c1-2-8-18-14-9-13(20)10-15(14)19(16(18)21)17-11-12-6-4-3-5-7-12/h3-7,11,14-15H,2,8-10H2,1H3/b17-11+. The zero-order chi connectivity index (χ0) is 14.8. The fourth-order valence-corrected chi connectivity index (χ4v) is 3.11. The van der Waals surface area contributed by atoms with Crippen LogP contribution in [0.15, 0.2) is 35.4 Å². The topological polar surface area (TPSA) is 53.0 Å². The number of benzene rings is 1. The Morgan fingerprint density at radius 2 is 1.90 bits per heavy atom. The molecule has 1 aliphatic heterocycles. The van der Waals surface area contributed by atoms with E-state index in [9.17, 15) is 9.59 Å². The number of hydrazone groups is 1. The molecule has 0 radical (unpaired) electrons. The normalized spacial score (nSPS) is 25.2. The summed E-state index contributed by atoms with van der Waals surface area (Å²) in [4.78, 5) is 26.0. The third kappa shape index (κ3) is 2.55. The smallest absolute Gasteiger partial charge is 0.318 e. The quantitative estimate of drug-likeness (QED) is 0.797. The van der Waals surface area contributed by atoms with E-state index < -0.39 is 0 Å². The summed E-state index contributed by atoms with van der Waals surface area (Å²) >= 11 is 0. The summed E-state index contributed by atoms with van der Waals surface area (Å²) in [7, 11) is 0. The van der Waals surface area contributed by atoms with E-state index in [0.29, 0.717) is 19.4 Å². The van der Waals surface area contributed by atoms with Gasteiger partial charge in [-0.2, -0.15) is 5.10 Å². The summed E-state index contributed by atoms with van der Waals surface area (Å²) < 4.78 is 0. The first-order valence-corrected chi connectivity index (χ1v) is 7.41. The second-order valence-electron chi connectivity index (χ2n) is 5.56. The fourth-order valence-electron chi connectivity index (χ4n) is 3.11. The van der Waals surface area contributed by atoms with Crippen LogP contribution in [0, 0.1) is 0 Å². The monoisotopic (exact) mass is 285 g/mol. The van der Waals surface area contributed by atoms with Gasteiger partial charge in [-0.15, -0.1) is 0 Å². The second kappa shape index (κ2) is 5.68. The molecule has 0 spiro atoms. The van der Waals surface area contributed by atoms with Crippen LogP contribution in [0.2, 0.25) is 0 Å². The maximum Gasteiger partial charge on any atom is 0.341 e. The zero-order valence-corrected chi connectivity index (χ0v) is 12.1. The third-order valence-corrected chi connectivity index (χ3v) is 4.07. The van der Waals surface area contributed by atoms with E-state index in [1.54, 1.807) is 11.1 Å². The number of rotatable bonds is 4. The number of hydrogen-bond acceptors (Lipinski definition) is 3. The van der Waals surface area contributed by atoms with E-state index in [-0.39, 0.29) is 23.9 Å². The minimum Gasteiger partial charge on any atom is -0.318 e. The lowest BCUT2D eigenvalue weighted by atomic mass is 10.2. The molecule has 2 amide bonds. The molecular formula is C16H19N3O2. The maximum atomic E-state index is 12.5. The van der Waals surface area contributed by atoms with Gasteiger partial charge in [0.05, 0.1) is 18.3 Å². The molecule has 1 aromatic carbocycles. The average Bonchev–Trinajstić information content (AvgIpc) is 2.96. The number of nitrogens with zero attached hydrogens (tertiary/aromatic N) is 3. The lowest BCUT2D eigenvalue weighted by molar-refractivity contribution is -0.117. The molecule has 0 bridgehead atoms. The lowest BCUT2D eigenvalue weighted by Crippen LogP contribution is -2.35. The number of hydrogen-bond donors (Lipinski definition) is 0. The van der Waals surface area contributed by atoms with Crippen molar-refractivity contribution >= 4 is 18.0 Å². The summed E-state index contributed by atoms with van der Waals surface area (Å²) in [5.74, 6) is 0.221. The molecule has 2 atom stereocenters. The van der Waals surface area contributed by atoms with Crippen LogP contribution in [0.5, 0.6) is 0 Å². The maximum absolute atomic E-state index is 12.5. The number of Topliss-reactive ketones (excluding diaryl/α,β-unsaturated/α-hetero) is 1. The minimum atomic E-state index is -0.100. The van der Waals surface area contributed by atoms with Crippen molar-refractivity contribution in [3.8, 4) is 0 Å². The molecule has 0 N–H and O–H groups in total. The molecule has 5 nitrogen and oxygen atoms in total. The van der Waals surface area contributed by atoms with Crippen molar-refractivity contribution in [2.24, 2.45) is 5.10 Å². The van der Waals surface area contributed by atoms with Crippen molar-refractivity contribution in [1.82, 2.24) is 9.91 Å². The lowest BCUT2D eigenvalue weighted by Gasteiger charge is -2.19. The van der Waals surface area contributed by atoms with Gasteiger partial charge < -0.3 is 4.90 Å². The molecule has 21 heavy (non-hydrogen) atoms. The highest BCUT2D eigenvalue weighted by atomic mass is 16.2. The first-order chi connectivity index (χ1) is 10.2. The van der Waals surface area contributed by atoms with E-state index >= 15 is 0 Å². The largest absolute Gasteiger partial charge is 0.341 e. The molecule has 1 saturated carbocycles. The van der Waals surface area contributed by atoms with Gasteiger partial charge in [-0.1, -0.05) is 37.3 Å². The molecule has 110 valence electrons. The molecule has 1 saturated heterocycles. The molecule has 1 heterocycles. The van der Waals surface area contributed by atoms with Crippen molar-refractivity contribution in [2.75, 3.05) is 6.54 Å². The van der Waals surface area contributed by atoms with E-state index in [0.717, 1.165) is 12.0 Å². The van der Waals surface area contributed by atoms with Gasteiger partial charge in [-0.25, -0.2) is 9.80 Å². The van der Waals surface area contributed by atoms with Crippen LogP contribution in [-0.4, -0.2) is 46.6 Å². The molecule has 2 fully saturated rings. The van der Waals surface area contributed by atoms with Gasteiger partial charge in [-0.3, -0.25) is 4.79 Å². The first kappa shape index (κ1) is 13.8. The molecule has 2 aliphatic rings. The summed E-state index contributed by atoms with van der Waals surface area (Å²) in [6.45, 7) is 2.72. The number of carbonyl (C=O) groups is 2. The highest BCUT2D eigenvalue weighted by Gasteiger charge is 2.50. The Hall–Kier alpha value is -2.17. The molecular weight excluding hydrogens is 266 g/mol. The van der Waals surface area contributed by atoms with Gasteiger partial charge in [-0.05, 0) is 12.0 Å². The van der Waals surface area contributed by atoms with Gasteiger partial charge in [0.1, 0.15) is 5.78 Å². The highest BCUT2D eigenvalue weighted by molar-refractivity contribution is 5.89. The Morgan fingerprint density at radius 3 is 2.62 bits per heavy atom. The molecule has 3 rings (SSSR count). The third-order valence-electron chi connectivity index (χ3n) is 4.07. The molecule has 1 aromatic rings. The Labute approximate surface area is 124 Å². The van der Waals surface area contributed by atoms with Crippen LogP contribution < -0.4 is 0 Å². The second-order valence-corrected chi connectivity index (χ2v) is 5.56. The van der Waals surface area contributed by atoms with E-state index in [1.165, 1.54) is 5.01 Å². The highest BCUT2D eigenvalue weighted by Crippen LogP contribution is 2.34. The van der Waals surface area contributed by atoms with Gasteiger partial charge in [0.15, 0.2) is 0 Å². The van der Waals surface area contributed by atoms with Crippen LogP contribution in [0.1, 0.15) is 31.7 Å². The van der Waals surface area contributed by atoms with E-state index in [2.05, 4.69) is 5.10 Å². The Bertz CT molecular complexity index is 570. The number of fused-ring (bicyclic) bond motifs is 1. The summed E-state index contributed by atoms with van der Waals surface area (Å²) in [6, 6.07) is 9.49. The van der Waals surface area contributed by atoms with E-state index in [4.69, 9.17) is 0 Å². The van der Waals surface area contributed by atoms with Gasteiger partial charge >= 0.3 is 6.03 Å². The van der Waals surface area contributed by atoms with Crippen molar-refractivity contribution in [3.63, 3.8) is 0 Å².